The van der Waals surface area contributed by atoms with Crippen LogP contribution in [-0.4, -0.2) is 18.2 Å². The van der Waals surface area contributed by atoms with Gasteiger partial charge in [-0.25, -0.2) is 0 Å². The average molecular weight is 294 g/mol. The first-order valence-corrected chi connectivity index (χ1v) is 8.27. The summed E-state index contributed by atoms with van der Waals surface area (Å²) in [6.45, 7) is 2.91. The van der Waals surface area contributed by atoms with Crippen molar-refractivity contribution in [1.82, 2.24) is 0 Å². The molecule has 3 heteroatoms. The van der Waals surface area contributed by atoms with E-state index in [1.165, 1.54) is 44.1 Å². The molecule has 2 unspecified atom stereocenters. The summed E-state index contributed by atoms with van der Waals surface area (Å²) in [5.41, 5.74) is 2.54. The summed E-state index contributed by atoms with van der Waals surface area (Å²) in [6, 6.07) is 8.29. The third-order valence-electron chi connectivity index (χ3n) is 4.76. The van der Waals surface area contributed by atoms with Crippen molar-refractivity contribution in [3.8, 4) is 0 Å². The Bertz CT molecular complexity index is 454. The first kappa shape index (κ1) is 14.2. The van der Waals surface area contributed by atoms with Gasteiger partial charge in [0.15, 0.2) is 0 Å². The van der Waals surface area contributed by atoms with E-state index in [2.05, 4.69) is 23.5 Å². The second-order valence-electron chi connectivity index (χ2n) is 6.25. The number of hydrogen-bond acceptors (Lipinski definition) is 2. The molecule has 0 aromatic heterocycles. The summed E-state index contributed by atoms with van der Waals surface area (Å²) in [5.74, 6) is 0. The third-order valence-corrected chi connectivity index (χ3v) is 5.00. The average Bonchev–Trinajstić information content (AvgIpc) is 3.07. The van der Waals surface area contributed by atoms with Gasteiger partial charge < -0.3 is 10.1 Å². The van der Waals surface area contributed by atoms with E-state index in [4.69, 9.17) is 16.3 Å². The molecule has 1 aliphatic heterocycles. The Hall–Kier alpha value is -0.730. The number of anilines is 1. The molecule has 1 aromatic rings. The van der Waals surface area contributed by atoms with Crippen molar-refractivity contribution in [2.45, 2.75) is 62.5 Å². The molecule has 110 valence electrons. The van der Waals surface area contributed by atoms with Crippen LogP contribution in [0.3, 0.4) is 0 Å². The van der Waals surface area contributed by atoms with Crippen LogP contribution in [0.25, 0.3) is 0 Å². The van der Waals surface area contributed by atoms with Crippen molar-refractivity contribution in [3.63, 3.8) is 0 Å². The maximum absolute atomic E-state index is 6.34. The summed E-state index contributed by atoms with van der Waals surface area (Å²) in [5, 5.41) is 3.57. The first-order chi connectivity index (χ1) is 9.69. The second kappa shape index (κ2) is 5.95. The molecule has 0 amide bonds. The van der Waals surface area contributed by atoms with Gasteiger partial charge in [-0.1, -0.05) is 31.0 Å². The topological polar surface area (TPSA) is 21.3 Å². The fourth-order valence-electron chi connectivity index (χ4n) is 3.66. The number of halogens is 1. The van der Waals surface area contributed by atoms with Crippen LogP contribution < -0.4 is 5.32 Å². The minimum Gasteiger partial charge on any atom is -0.382 e. The standard InChI is InChI=1S/C17H24ClNO/c1-13(18)15-6-2-3-7-16(15)19-12-14-8-11-17(20-14)9-4-5-10-17/h2-3,6-7,13-14,19H,4-5,8-12H2,1H3. The molecular formula is C17H24ClNO. The Labute approximate surface area is 126 Å². The summed E-state index contributed by atoms with van der Waals surface area (Å²) in [4.78, 5) is 0. The zero-order valence-electron chi connectivity index (χ0n) is 12.2. The zero-order chi connectivity index (χ0) is 14.0. The highest BCUT2D eigenvalue weighted by Gasteiger charge is 2.41. The van der Waals surface area contributed by atoms with Gasteiger partial charge in [-0.3, -0.25) is 0 Å². The predicted molar refractivity (Wildman–Crippen MR) is 84.5 cm³/mol. The molecule has 2 aliphatic rings. The molecule has 2 nitrogen and oxygen atoms in total. The van der Waals surface area contributed by atoms with Crippen molar-refractivity contribution < 1.29 is 4.74 Å². The molecular weight excluding hydrogens is 270 g/mol. The van der Waals surface area contributed by atoms with Crippen LogP contribution in [0.4, 0.5) is 5.69 Å². The van der Waals surface area contributed by atoms with E-state index in [1.807, 2.05) is 13.0 Å². The number of nitrogens with one attached hydrogen (secondary N) is 1. The Morgan fingerprint density at radius 1 is 1.30 bits per heavy atom. The maximum atomic E-state index is 6.34. The van der Waals surface area contributed by atoms with Gasteiger partial charge in [0.1, 0.15) is 0 Å². The Morgan fingerprint density at radius 3 is 2.80 bits per heavy atom. The van der Waals surface area contributed by atoms with Gasteiger partial charge in [-0.05, 0) is 44.2 Å². The quantitative estimate of drug-likeness (QED) is 0.798. The zero-order valence-corrected chi connectivity index (χ0v) is 13.0. The van der Waals surface area contributed by atoms with Gasteiger partial charge in [-0.2, -0.15) is 0 Å². The summed E-state index contributed by atoms with van der Waals surface area (Å²) >= 11 is 6.23. The van der Waals surface area contributed by atoms with Crippen molar-refractivity contribution in [3.05, 3.63) is 29.8 Å². The van der Waals surface area contributed by atoms with E-state index in [0.29, 0.717) is 6.10 Å². The molecule has 1 heterocycles. The van der Waals surface area contributed by atoms with Crippen molar-refractivity contribution >= 4 is 17.3 Å². The molecule has 1 aromatic carbocycles. The monoisotopic (exact) mass is 293 g/mol. The minimum absolute atomic E-state index is 0.0318. The summed E-state index contributed by atoms with van der Waals surface area (Å²) in [7, 11) is 0. The molecule has 1 N–H and O–H groups in total. The van der Waals surface area contributed by atoms with Gasteiger partial charge in [0.25, 0.3) is 0 Å². The molecule has 2 fully saturated rings. The van der Waals surface area contributed by atoms with E-state index in [1.54, 1.807) is 0 Å². The molecule has 0 radical (unpaired) electrons. The fraction of sp³-hybridized carbons (Fsp3) is 0.647. The first-order valence-electron chi connectivity index (χ1n) is 7.83. The van der Waals surface area contributed by atoms with Crippen LogP contribution in [0.5, 0.6) is 0 Å². The minimum atomic E-state index is 0.0318. The summed E-state index contributed by atoms with van der Waals surface area (Å²) < 4.78 is 6.34. The number of rotatable bonds is 4. The predicted octanol–water partition coefficient (Wildman–Crippen LogP) is 4.89. The lowest BCUT2D eigenvalue weighted by molar-refractivity contribution is -0.0307. The van der Waals surface area contributed by atoms with Crippen LogP contribution in [0.15, 0.2) is 24.3 Å². The number of hydrogen-bond donors (Lipinski definition) is 1. The van der Waals surface area contributed by atoms with Crippen LogP contribution in [0.1, 0.15) is 56.4 Å². The van der Waals surface area contributed by atoms with Crippen LogP contribution in [0, 0.1) is 0 Å². The highest BCUT2D eigenvalue weighted by Crippen LogP contribution is 2.43. The maximum Gasteiger partial charge on any atom is 0.0756 e. The highest BCUT2D eigenvalue weighted by atomic mass is 35.5. The van der Waals surface area contributed by atoms with Gasteiger partial charge in [-0.15, -0.1) is 11.6 Å². The Morgan fingerprint density at radius 2 is 2.05 bits per heavy atom. The van der Waals surface area contributed by atoms with Crippen molar-refractivity contribution in [2.24, 2.45) is 0 Å². The molecule has 20 heavy (non-hydrogen) atoms. The number of ether oxygens (including phenoxy) is 1. The van der Waals surface area contributed by atoms with Crippen molar-refractivity contribution in [1.29, 1.82) is 0 Å². The molecule has 0 bridgehead atoms. The molecule has 1 saturated heterocycles. The molecule has 1 spiro atoms. The lowest BCUT2D eigenvalue weighted by Crippen LogP contribution is -2.28. The lowest BCUT2D eigenvalue weighted by Gasteiger charge is -2.24. The number of para-hydroxylation sites is 1. The Balaban J connectivity index is 1.58. The normalized spacial score (nSPS) is 26.0. The Kier molecular flexibility index (Phi) is 4.23. The number of benzene rings is 1. The van der Waals surface area contributed by atoms with E-state index in [-0.39, 0.29) is 11.0 Å². The molecule has 1 aliphatic carbocycles. The molecule has 1 saturated carbocycles. The van der Waals surface area contributed by atoms with Crippen molar-refractivity contribution in [2.75, 3.05) is 11.9 Å². The summed E-state index contributed by atoms with van der Waals surface area (Å²) in [6.07, 6.45) is 7.99. The van der Waals surface area contributed by atoms with Crippen LogP contribution in [-0.2, 0) is 4.74 Å². The molecule has 3 rings (SSSR count). The molecule has 2 atom stereocenters. The lowest BCUT2D eigenvalue weighted by atomic mass is 9.98. The SMILES string of the molecule is CC(Cl)c1ccccc1NCC1CCC2(CCCC2)O1. The van der Waals surface area contributed by atoms with E-state index in [9.17, 15) is 0 Å². The largest absolute Gasteiger partial charge is 0.382 e. The van der Waals surface area contributed by atoms with Gasteiger partial charge in [0, 0.05) is 12.2 Å². The number of alkyl halides is 1. The van der Waals surface area contributed by atoms with Crippen LogP contribution in [0.2, 0.25) is 0 Å². The van der Waals surface area contributed by atoms with Gasteiger partial charge >= 0.3 is 0 Å². The highest BCUT2D eigenvalue weighted by molar-refractivity contribution is 6.21. The van der Waals surface area contributed by atoms with E-state index < -0.39 is 0 Å². The van der Waals surface area contributed by atoms with E-state index in [0.717, 1.165) is 12.2 Å². The van der Waals surface area contributed by atoms with Gasteiger partial charge in [0.2, 0.25) is 0 Å². The van der Waals surface area contributed by atoms with E-state index >= 15 is 0 Å². The second-order valence-corrected chi connectivity index (χ2v) is 6.91. The smallest absolute Gasteiger partial charge is 0.0756 e. The fourth-order valence-corrected chi connectivity index (χ4v) is 3.85. The van der Waals surface area contributed by atoms with Gasteiger partial charge in [0.05, 0.1) is 17.1 Å². The van der Waals surface area contributed by atoms with Crippen LogP contribution >= 0.6 is 11.6 Å². The third kappa shape index (κ3) is 2.96.